The first kappa shape index (κ1) is 16.8. The Hall–Kier alpha value is -0.535. The fourth-order valence-electron chi connectivity index (χ4n) is 3.09. The fourth-order valence-corrected chi connectivity index (χ4v) is 3.09. The van der Waals surface area contributed by atoms with Crippen molar-refractivity contribution in [2.75, 3.05) is 0 Å². The molecule has 1 saturated heterocycles. The third kappa shape index (κ3) is 4.01. The summed E-state index contributed by atoms with van der Waals surface area (Å²) in [5.74, 6) is 0.512. The van der Waals surface area contributed by atoms with Crippen molar-refractivity contribution in [1.82, 2.24) is 0 Å². The van der Waals surface area contributed by atoms with Gasteiger partial charge < -0.3 is 9.31 Å². The molecule has 0 aromatic carbocycles. The lowest BCUT2D eigenvalue weighted by Gasteiger charge is -2.32. The normalized spacial score (nSPS) is 27.4. The van der Waals surface area contributed by atoms with Crippen molar-refractivity contribution in [2.24, 2.45) is 0 Å². The molecule has 1 aliphatic carbocycles. The summed E-state index contributed by atoms with van der Waals surface area (Å²) in [5, 5.41) is 0. The Morgan fingerprint density at radius 1 is 1.24 bits per heavy atom. The highest BCUT2D eigenvalue weighted by Gasteiger charge is 2.53. The summed E-state index contributed by atoms with van der Waals surface area (Å²) < 4.78 is 12.5. The lowest BCUT2D eigenvalue weighted by atomic mass is 9.64. The van der Waals surface area contributed by atoms with Crippen molar-refractivity contribution in [2.45, 2.75) is 90.7 Å². The van der Waals surface area contributed by atoms with E-state index in [1.54, 1.807) is 5.57 Å². The number of hydrogen-bond donors (Lipinski definition) is 0. The molecule has 1 aliphatic heterocycles. The molecule has 0 bridgehead atoms. The predicted molar refractivity (Wildman–Crippen MR) is 90.4 cm³/mol. The molecule has 1 fully saturated rings. The van der Waals surface area contributed by atoms with Gasteiger partial charge in [-0.2, -0.15) is 0 Å². The van der Waals surface area contributed by atoms with Gasteiger partial charge in [-0.05, 0) is 79.5 Å². The van der Waals surface area contributed by atoms with E-state index in [4.69, 9.17) is 9.31 Å². The van der Waals surface area contributed by atoms with Crippen LogP contribution in [0.2, 0.25) is 5.82 Å². The minimum absolute atomic E-state index is 0.0397. The van der Waals surface area contributed by atoms with Gasteiger partial charge in [-0.1, -0.05) is 23.3 Å². The van der Waals surface area contributed by atoms with Crippen LogP contribution in [0.4, 0.5) is 0 Å². The van der Waals surface area contributed by atoms with E-state index < -0.39 is 0 Å². The van der Waals surface area contributed by atoms with Crippen LogP contribution < -0.4 is 0 Å². The molecule has 1 heterocycles. The summed E-state index contributed by atoms with van der Waals surface area (Å²) >= 11 is 0. The quantitative estimate of drug-likeness (QED) is 0.516. The van der Waals surface area contributed by atoms with Gasteiger partial charge in [0, 0.05) is 0 Å². The van der Waals surface area contributed by atoms with Gasteiger partial charge in [-0.25, -0.2) is 0 Å². The Morgan fingerprint density at radius 3 is 2.43 bits per heavy atom. The van der Waals surface area contributed by atoms with Crippen LogP contribution in [-0.4, -0.2) is 18.3 Å². The molecule has 0 amide bonds. The van der Waals surface area contributed by atoms with Gasteiger partial charge in [0.1, 0.15) is 0 Å². The lowest BCUT2D eigenvalue weighted by Crippen LogP contribution is -2.41. The summed E-state index contributed by atoms with van der Waals surface area (Å²) in [7, 11) is -0.0397. The SMILES string of the molecule is CC(C)=CCCC1=CCCC(B2OC(C)(C)C(C)(C)O2)C1. The minimum atomic E-state index is -0.207. The third-order valence-corrected chi connectivity index (χ3v) is 5.17. The highest BCUT2D eigenvalue weighted by atomic mass is 16.7. The van der Waals surface area contributed by atoms with E-state index in [2.05, 4.69) is 53.7 Å². The molecular formula is C18H31BO2. The third-order valence-electron chi connectivity index (χ3n) is 5.17. The van der Waals surface area contributed by atoms with E-state index in [1.165, 1.54) is 24.8 Å². The summed E-state index contributed by atoms with van der Waals surface area (Å²) in [6.07, 6.45) is 10.6. The van der Waals surface area contributed by atoms with E-state index >= 15 is 0 Å². The lowest BCUT2D eigenvalue weighted by molar-refractivity contribution is 0.00578. The van der Waals surface area contributed by atoms with E-state index in [9.17, 15) is 0 Å². The number of hydrogen-bond acceptors (Lipinski definition) is 2. The van der Waals surface area contributed by atoms with Crippen LogP contribution in [0.25, 0.3) is 0 Å². The maximum Gasteiger partial charge on any atom is 0.461 e. The van der Waals surface area contributed by atoms with Gasteiger partial charge in [0.05, 0.1) is 11.2 Å². The highest BCUT2D eigenvalue weighted by Crippen LogP contribution is 2.44. The first-order valence-electron chi connectivity index (χ1n) is 8.38. The molecule has 2 aliphatic rings. The second-order valence-electron chi connectivity index (χ2n) is 7.85. The van der Waals surface area contributed by atoms with Gasteiger partial charge in [-0.15, -0.1) is 0 Å². The molecule has 2 rings (SSSR count). The minimum Gasteiger partial charge on any atom is -0.403 e. The zero-order valence-corrected chi connectivity index (χ0v) is 14.7. The van der Waals surface area contributed by atoms with E-state index in [0.717, 1.165) is 12.8 Å². The monoisotopic (exact) mass is 290 g/mol. The maximum absolute atomic E-state index is 6.23. The molecule has 21 heavy (non-hydrogen) atoms. The molecule has 2 nitrogen and oxygen atoms in total. The summed E-state index contributed by atoms with van der Waals surface area (Å²) in [4.78, 5) is 0. The zero-order valence-electron chi connectivity index (χ0n) is 14.7. The van der Waals surface area contributed by atoms with Crippen molar-refractivity contribution >= 4 is 7.12 Å². The summed E-state index contributed by atoms with van der Waals surface area (Å²) in [6.45, 7) is 12.9. The van der Waals surface area contributed by atoms with Crippen LogP contribution in [0.15, 0.2) is 23.3 Å². The van der Waals surface area contributed by atoms with Crippen molar-refractivity contribution in [1.29, 1.82) is 0 Å². The Morgan fingerprint density at radius 2 is 1.86 bits per heavy atom. The van der Waals surface area contributed by atoms with Gasteiger partial charge in [-0.3, -0.25) is 0 Å². The van der Waals surface area contributed by atoms with Gasteiger partial charge in [0.25, 0.3) is 0 Å². The topological polar surface area (TPSA) is 18.5 Å². The molecule has 1 unspecified atom stereocenters. The summed E-state index contributed by atoms with van der Waals surface area (Å²) in [5.41, 5.74) is 2.58. The predicted octanol–water partition coefficient (Wildman–Crippen LogP) is 5.31. The Labute approximate surface area is 131 Å². The van der Waals surface area contributed by atoms with Crippen LogP contribution in [0.1, 0.15) is 73.6 Å². The molecular weight excluding hydrogens is 259 g/mol. The van der Waals surface area contributed by atoms with E-state index in [1.807, 2.05) is 0 Å². The largest absolute Gasteiger partial charge is 0.461 e. The van der Waals surface area contributed by atoms with Crippen LogP contribution in [0.5, 0.6) is 0 Å². The van der Waals surface area contributed by atoms with Crippen molar-refractivity contribution in [3.8, 4) is 0 Å². The molecule has 3 heteroatoms. The van der Waals surface area contributed by atoms with Crippen molar-refractivity contribution in [3.63, 3.8) is 0 Å². The Balaban J connectivity index is 1.92. The van der Waals surface area contributed by atoms with Crippen LogP contribution >= 0.6 is 0 Å². The van der Waals surface area contributed by atoms with Crippen LogP contribution in [0, 0.1) is 0 Å². The van der Waals surface area contributed by atoms with Crippen molar-refractivity contribution in [3.05, 3.63) is 23.3 Å². The number of allylic oxidation sites excluding steroid dienone is 4. The molecule has 0 saturated carbocycles. The van der Waals surface area contributed by atoms with Gasteiger partial charge >= 0.3 is 7.12 Å². The Bertz CT molecular complexity index is 414. The van der Waals surface area contributed by atoms with Crippen molar-refractivity contribution < 1.29 is 9.31 Å². The van der Waals surface area contributed by atoms with Gasteiger partial charge in [0.15, 0.2) is 0 Å². The molecule has 0 spiro atoms. The molecule has 0 N–H and O–H groups in total. The molecule has 1 atom stereocenters. The average Bonchev–Trinajstić information content (AvgIpc) is 2.58. The van der Waals surface area contributed by atoms with E-state index in [0.29, 0.717) is 5.82 Å². The molecule has 118 valence electrons. The molecule has 0 aromatic rings. The Kier molecular flexibility index (Phi) is 5.05. The zero-order chi connectivity index (χ0) is 15.7. The fraction of sp³-hybridized carbons (Fsp3) is 0.778. The summed E-state index contributed by atoms with van der Waals surface area (Å²) in [6, 6.07) is 0. The second kappa shape index (κ2) is 6.30. The first-order chi connectivity index (χ1) is 9.71. The highest BCUT2D eigenvalue weighted by molar-refractivity contribution is 6.47. The smallest absolute Gasteiger partial charge is 0.403 e. The number of rotatable bonds is 4. The average molecular weight is 290 g/mol. The van der Waals surface area contributed by atoms with Crippen LogP contribution in [0.3, 0.4) is 0 Å². The van der Waals surface area contributed by atoms with Crippen LogP contribution in [-0.2, 0) is 9.31 Å². The molecule has 0 radical (unpaired) electrons. The van der Waals surface area contributed by atoms with Gasteiger partial charge in [0.2, 0.25) is 0 Å². The second-order valence-corrected chi connectivity index (χ2v) is 7.85. The van der Waals surface area contributed by atoms with E-state index in [-0.39, 0.29) is 18.3 Å². The first-order valence-corrected chi connectivity index (χ1v) is 8.38. The maximum atomic E-state index is 6.23. The standard InChI is InChI=1S/C18H31BO2/c1-14(2)9-7-10-15-11-8-12-16(13-15)19-20-17(3,4)18(5,6)21-19/h9,11,16H,7-8,10,12-13H2,1-6H3. The molecule has 0 aromatic heterocycles.